The number of fused-ring (bicyclic) bond motifs is 1. The van der Waals surface area contributed by atoms with Crippen molar-refractivity contribution in [1.82, 2.24) is 25.4 Å². The number of hydroxylamine groups is 2. The summed E-state index contributed by atoms with van der Waals surface area (Å²) in [4.78, 5) is 21.2. The van der Waals surface area contributed by atoms with Crippen molar-refractivity contribution in [3.63, 3.8) is 0 Å². The summed E-state index contributed by atoms with van der Waals surface area (Å²) in [6.07, 6.45) is 10.0. The Bertz CT molecular complexity index is 1350. The van der Waals surface area contributed by atoms with Gasteiger partial charge in [0.15, 0.2) is 0 Å². The molecular formula is C36H55N5O3. The highest BCUT2D eigenvalue weighted by Crippen LogP contribution is 2.39. The van der Waals surface area contributed by atoms with Crippen molar-refractivity contribution in [2.45, 2.75) is 142 Å². The quantitative estimate of drug-likeness (QED) is 0.193. The minimum Gasteiger partial charge on any atom is -0.505 e. The summed E-state index contributed by atoms with van der Waals surface area (Å²) in [6.45, 7) is 18.1. The minimum absolute atomic E-state index is 0.0398. The summed E-state index contributed by atoms with van der Waals surface area (Å²) in [5.74, 6) is 0.207. The Hall–Kier alpha value is -2.97. The highest BCUT2D eigenvalue weighted by molar-refractivity contribution is 5.77. The van der Waals surface area contributed by atoms with Gasteiger partial charge in [0.05, 0.1) is 6.61 Å². The van der Waals surface area contributed by atoms with Crippen LogP contribution in [0.25, 0.3) is 16.7 Å². The molecule has 0 radical (unpaired) electrons. The Morgan fingerprint density at radius 3 is 2.16 bits per heavy atom. The number of nitrogens with zero attached hydrogens (tertiary/aromatic N) is 4. The van der Waals surface area contributed by atoms with Crippen molar-refractivity contribution in [3.8, 4) is 11.4 Å². The molecule has 0 atom stereocenters. The summed E-state index contributed by atoms with van der Waals surface area (Å²) in [6, 6.07) is 11.7. The smallest absolute Gasteiger partial charge is 0.220 e. The number of piperidine rings is 1. The highest BCUT2D eigenvalue weighted by atomic mass is 16.7. The lowest BCUT2D eigenvalue weighted by Gasteiger charge is -2.53. The maximum atomic E-state index is 13.3. The number of carbonyl (C=O) groups excluding carboxylic acids is 1. The highest BCUT2D eigenvalue weighted by Gasteiger charge is 2.46. The number of aryl methyl sites for hydroxylation is 1. The van der Waals surface area contributed by atoms with Crippen LogP contribution in [-0.4, -0.2) is 54.8 Å². The van der Waals surface area contributed by atoms with E-state index in [0.29, 0.717) is 18.5 Å². The fraction of sp³-hybridized carbons (Fsp3) is 0.639. The zero-order valence-electron chi connectivity index (χ0n) is 28.4. The van der Waals surface area contributed by atoms with Crippen LogP contribution < -0.4 is 5.32 Å². The molecule has 4 rings (SSSR count). The van der Waals surface area contributed by atoms with Gasteiger partial charge in [0.25, 0.3) is 0 Å². The predicted octanol–water partition coefficient (Wildman–Crippen LogP) is 7.79. The number of hydrogen-bond acceptors (Lipinski definition) is 6. The number of unbranched alkanes of at least 4 members (excludes halogenated alkanes) is 5. The molecule has 2 heterocycles. The average molecular weight is 606 g/mol. The molecule has 0 spiro atoms. The van der Waals surface area contributed by atoms with Gasteiger partial charge in [0.1, 0.15) is 22.5 Å². The molecule has 0 saturated carbocycles. The number of aromatic nitrogens is 3. The molecule has 44 heavy (non-hydrogen) atoms. The van der Waals surface area contributed by atoms with Gasteiger partial charge in [-0.2, -0.15) is 5.06 Å². The molecule has 0 bridgehead atoms. The number of phenolic OH excluding ortho intramolecular Hbond substituents is 1. The Kier molecular flexibility index (Phi) is 10.8. The van der Waals surface area contributed by atoms with Gasteiger partial charge in [0.2, 0.25) is 5.91 Å². The monoisotopic (exact) mass is 605 g/mol. The van der Waals surface area contributed by atoms with E-state index in [2.05, 4.69) is 76.0 Å². The van der Waals surface area contributed by atoms with E-state index in [-0.39, 0.29) is 34.2 Å². The third-order valence-electron chi connectivity index (χ3n) is 8.78. The molecule has 1 amide bonds. The van der Waals surface area contributed by atoms with Crippen LogP contribution in [0, 0.1) is 0 Å². The molecule has 1 aliphatic heterocycles. The first-order chi connectivity index (χ1) is 20.7. The number of benzene rings is 2. The van der Waals surface area contributed by atoms with Crippen LogP contribution in [0.4, 0.5) is 0 Å². The molecule has 0 aliphatic carbocycles. The summed E-state index contributed by atoms with van der Waals surface area (Å²) in [7, 11) is 0. The van der Waals surface area contributed by atoms with E-state index >= 15 is 0 Å². The van der Waals surface area contributed by atoms with Crippen LogP contribution in [-0.2, 0) is 21.5 Å². The SMILES string of the molecule is CCCCCCCCON1C(C)(C)CC(NC(=O)CCc2cc(-n3nc4ccccc4n3)c(O)c(C(C)(C)C)c2)CC1(C)C. The largest absolute Gasteiger partial charge is 0.505 e. The molecule has 8 nitrogen and oxygen atoms in total. The van der Waals surface area contributed by atoms with Crippen LogP contribution in [0.1, 0.15) is 124 Å². The standard InChI is InChI=1S/C36H55N5O3/c1-9-10-11-12-13-16-21-44-41-35(5,6)24-27(25-36(41,7)8)37-32(42)20-19-26-22-28(34(2,3)4)33(43)31(23-26)40-38-29-17-14-15-18-30(29)39-40/h14-15,17-18,22-23,27,43H,9-13,16,19-21,24-25H2,1-8H3,(H,37,42). The molecular weight excluding hydrogens is 550 g/mol. The van der Waals surface area contributed by atoms with Gasteiger partial charge in [-0.05, 0) is 82.6 Å². The van der Waals surface area contributed by atoms with E-state index in [9.17, 15) is 9.90 Å². The third kappa shape index (κ3) is 8.39. The zero-order valence-corrected chi connectivity index (χ0v) is 28.4. The van der Waals surface area contributed by atoms with Crippen LogP contribution in [0.3, 0.4) is 0 Å². The maximum Gasteiger partial charge on any atom is 0.220 e. The van der Waals surface area contributed by atoms with Crippen molar-refractivity contribution in [2.75, 3.05) is 6.61 Å². The van der Waals surface area contributed by atoms with E-state index < -0.39 is 0 Å². The molecule has 0 unspecified atom stereocenters. The van der Waals surface area contributed by atoms with Crippen molar-refractivity contribution >= 4 is 16.9 Å². The first-order valence-electron chi connectivity index (χ1n) is 16.6. The molecule has 1 fully saturated rings. The molecule has 1 aromatic heterocycles. The van der Waals surface area contributed by atoms with Crippen LogP contribution in [0.5, 0.6) is 5.75 Å². The Balaban J connectivity index is 1.39. The van der Waals surface area contributed by atoms with E-state index in [0.717, 1.165) is 48.0 Å². The van der Waals surface area contributed by atoms with E-state index in [1.807, 2.05) is 36.4 Å². The Labute approximate surface area is 264 Å². The average Bonchev–Trinajstić information content (AvgIpc) is 3.36. The second kappa shape index (κ2) is 14.0. The van der Waals surface area contributed by atoms with Gasteiger partial charge in [-0.3, -0.25) is 9.63 Å². The van der Waals surface area contributed by atoms with Crippen molar-refractivity contribution < 1.29 is 14.7 Å². The fourth-order valence-electron chi connectivity index (χ4n) is 6.82. The molecule has 1 saturated heterocycles. The number of amides is 1. The van der Waals surface area contributed by atoms with Gasteiger partial charge in [-0.25, -0.2) is 0 Å². The lowest BCUT2D eigenvalue weighted by molar-refractivity contribution is -0.284. The summed E-state index contributed by atoms with van der Waals surface area (Å²) in [5, 5.41) is 26.0. The minimum atomic E-state index is -0.300. The number of rotatable bonds is 13. The number of nitrogens with one attached hydrogen (secondary N) is 1. The molecule has 1 aliphatic rings. The van der Waals surface area contributed by atoms with E-state index in [1.165, 1.54) is 36.9 Å². The van der Waals surface area contributed by atoms with Gasteiger partial charge < -0.3 is 10.4 Å². The van der Waals surface area contributed by atoms with Gasteiger partial charge in [-0.15, -0.1) is 15.0 Å². The van der Waals surface area contributed by atoms with E-state index in [1.54, 1.807) is 0 Å². The molecule has 2 aromatic carbocycles. The van der Waals surface area contributed by atoms with Crippen molar-refractivity contribution in [2.24, 2.45) is 0 Å². The van der Waals surface area contributed by atoms with Gasteiger partial charge in [0, 0.05) is 29.1 Å². The Morgan fingerprint density at radius 1 is 0.977 bits per heavy atom. The Morgan fingerprint density at radius 2 is 1.57 bits per heavy atom. The first kappa shape index (κ1) is 33.9. The third-order valence-corrected chi connectivity index (χ3v) is 8.78. The molecule has 8 heteroatoms. The molecule has 3 aromatic rings. The lowest BCUT2D eigenvalue weighted by atomic mass is 9.79. The molecule has 2 N–H and O–H groups in total. The van der Waals surface area contributed by atoms with Crippen LogP contribution >= 0.6 is 0 Å². The van der Waals surface area contributed by atoms with Gasteiger partial charge in [-0.1, -0.05) is 78.0 Å². The van der Waals surface area contributed by atoms with Crippen molar-refractivity contribution in [3.05, 3.63) is 47.5 Å². The second-order valence-electron chi connectivity index (χ2n) is 14.9. The van der Waals surface area contributed by atoms with Crippen LogP contribution in [0.15, 0.2) is 36.4 Å². The number of phenols is 1. The predicted molar refractivity (Wildman–Crippen MR) is 178 cm³/mol. The summed E-state index contributed by atoms with van der Waals surface area (Å²) < 4.78 is 0. The molecule has 242 valence electrons. The maximum absolute atomic E-state index is 13.3. The summed E-state index contributed by atoms with van der Waals surface area (Å²) >= 11 is 0. The number of aromatic hydroxyl groups is 1. The van der Waals surface area contributed by atoms with Crippen molar-refractivity contribution in [1.29, 1.82) is 0 Å². The van der Waals surface area contributed by atoms with Crippen LogP contribution in [0.2, 0.25) is 0 Å². The number of hydrogen-bond donors (Lipinski definition) is 2. The summed E-state index contributed by atoms with van der Waals surface area (Å²) in [5.41, 5.74) is 3.14. The first-order valence-corrected chi connectivity index (χ1v) is 16.6. The second-order valence-corrected chi connectivity index (χ2v) is 14.9. The number of carbonyl (C=O) groups is 1. The van der Waals surface area contributed by atoms with Gasteiger partial charge >= 0.3 is 0 Å². The van der Waals surface area contributed by atoms with E-state index in [4.69, 9.17) is 4.84 Å². The normalized spacial score (nSPS) is 17.3. The lowest BCUT2D eigenvalue weighted by Crippen LogP contribution is -2.64. The fourth-order valence-corrected chi connectivity index (χ4v) is 6.82. The topological polar surface area (TPSA) is 92.5 Å². The zero-order chi connectivity index (χ0) is 32.1.